The molecule has 4 heteroatoms. The Kier molecular flexibility index (Phi) is 2.26. The second-order valence-corrected chi connectivity index (χ2v) is 4.26. The van der Waals surface area contributed by atoms with E-state index in [4.69, 9.17) is 0 Å². The van der Waals surface area contributed by atoms with Gasteiger partial charge in [0, 0.05) is 9.86 Å². The molecule has 0 saturated carbocycles. The molecule has 0 amide bonds. The number of halogens is 2. The fourth-order valence-electron chi connectivity index (χ4n) is 1.14. The van der Waals surface area contributed by atoms with Gasteiger partial charge in [0.1, 0.15) is 15.9 Å². The molecule has 66 valence electrons. The van der Waals surface area contributed by atoms with Gasteiger partial charge in [0.15, 0.2) is 0 Å². The average Bonchev–Trinajstić information content (AvgIpc) is 2.12. The highest BCUT2D eigenvalue weighted by molar-refractivity contribution is 9.11. The van der Waals surface area contributed by atoms with Crippen molar-refractivity contribution in [2.75, 3.05) is 0 Å². The summed E-state index contributed by atoms with van der Waals surface area (Å²) in [5.41, 5.74) is 0.601. The fraction of sp³-hybridized carbons (Fsp3) is 0. The largest absolute Gasteiger partial charge is 0.506 e. The molecule has 2 aromatic rings. The van der Waals surface area contributed by atoms with Crippen molar-refractivity contribution in [3.8, 4) is 5.75 Å². The fourth-order valence-corrected chi connectivity index (χ4v) is 1.91. The summed E-state index contributed by atoms with van der Waals surface area (Å²) in [7, 11) is 0. The van der Waals surface area contributed by atoms with Crippen molar-refractivity contribution in [1.29, 1.82) is 0 Å². The van der Waals surface area contributed by atoms with Gasteiger partial charge in [-0.3, -0.25) is 0 Å². The summed E-state index contributed by atoms with van der Waals surface area (Å²) in [5, 5.41) is 10.4. The van der Waals surface area contributed by atoms with Crippen LogP contribution in [0.3, 0.4) is 0 Å². The van der Waals surface area contributed by atoms with Gasteiger partial charge in [0.25, 0.3) is 0 Å². The molecule has 0 bridgehead atoms. The highest BCUT2D eigenvalue weighted by atomic mass is 79.9. The van der Waals surface area contributed by atoms with Crippen molar-refractivity contribution in [3.05, 3.63) is 33.3 Å². The average molecular weight is 303 g/mol. The normalized spacial score (nSPS) is 10.6. The Balaban J connectivity index is 2.92. The maximum atomic E-state index is 9.52. The lowest BCUT2D eigenvalue weighted by Crippen LogP contribution is -1.81. The van der Waals surface area contributed by atoms with Gasteiger partial charge in [-0.1, -0.05) is 15.9 Å². The van der Waals surface area contributed by atoms with Crippen LogP contribution in [0.15, 0.2) is 33.3 Å². The number of rotatable bonds is 0. The maximum Gasteiger partial charge on any atom is 0.141 e. The van der Waals surface area contributed by atoms with Crippen molar-refractivity contribution in [3.63, 3.8) is 0 Å². The molecule has 2 rings (SSSR count). The van der Waals surface area contributed by atoms with Crippen LogP contribution in [-0.4, -0.2) is 10.1 Å². The van der Waals surface area contributed by atoms with Crippen LogP contribution in [0.1, 0.15) is 0 Å². The number of benzene rings is 1. The van der Waals surface area contributed by atoms with Gasteiger partial charge < -0.3 is 5.11 Å². The van der Waals surface area contributed by atoms with Crippen LogP contribution >= 0.6 is 31.9 Å². The number of phenolic OH excluding ortho intramolecular Hbond substituents is 1. The molecule has 0 atom stereocenters. The molecular formula is C9H5Br2NO. The Morgan fingerprint density at radius 1 is 1.08 bits per heavy atom. The summed E-state index contributed by atoms with van der Waals surface area (Å²) in [6, 6.07) is 7.15. The molecule has 0 saturated heterocycles. The Hall–Kier alpha value is -0.610. The quantitative estimate of drug-likeness (QED) is 0.756. The standard InChI is InChI=1S/C9H5Br2NO/c10-6-2-3-7(13)9-5(6)1-4-8(11)12-9/h1-4,13H. The van der Waals surface area contributed by atoms with Crippen molar-refractivity contribution in [2.45, 2.75) is 0 Å². The number of nitrogens with zero attached hydrogens (tertiary/aromatic N) is 1. The first kappa shape index (κ1) is 8.97. The van der Waals surface area contributed by atoms with Crippen LogP contribution in [0.2, 0.25) is 0 Å². The molecular weight excluding hydrogens is 298 g/mol. The highest BCUT2D eigenvalue weighted by Crippen LogP contribution is 2.30. The van der Waals surface area contributed by atoms with Crippen LogP contribution in [-0.2, 0) is 0 Å². The summed E-state index contributed by atoms with van der Waals surface area (Å²) in [6.07, 6.45) is 0. The summed E-state index contributed by atoms with van der Waals surface area (Å²) < 4.78 is 1.65. The molecule has 1 aromatic heterocycles. The lowest BCUT2D eigenvalue weighted by Gasteiger charge is -2.02. The molecule has 1 N–H and O–H groups in total. The molecule has 0 fully saturated rings. The van der Waals surface area contributed by atoms with E-state index in [-0.39, 0.29) is 5.75 Å². The van der Waals surface area contributed by atoms with E-state index in [9.17, 15) is 5.11 Å². The van der Waals surface area contributed by atoms with Gasteiger partial charge in [0.05, 0.1) is 0 Å². The van der Waals surface area contributed by atoms with E-state index in [0.717, 1.165) is 9.86 Å². The van der Waals surface area contributed by atoms with Crippen molar-refractivity contribution in [2.24, 2.45) is 0 Å². The van der Waals surface area contributed by atoms with Gasteiger partial charge >= 0.3 is 0 Å². The number of aromatic hydroxyl groups is 1. The zero-order chi connectivity index (χ0) is 9.42. The van der Waals surface area contributed by atoms with Gasteiger partial charge in [-0.2, -0.15) is 0 Å². The van der Waals surface area contributed by atoms with E-state index >= 15 is 0 Å². The van der Waals surface area contributed by atoms with Crippen LogP contribution < -0.4 is 0 Å². The number of pyridine rings is 1. The van der Waals surface area contributed by atoms with Crippen LogP contribution in [0.25, 0.3) is 10.9 Å². The van der Waals surface area contributed by atoms with Crippen molar-refractivity contribution < 1.29 is 5.11 Å². The van der Waals surface area contributed by atoms with E-state index < -0.39 is 0 Å². The Labute approximate surface area is 91.9 Å². The minimum absolute atomic E-state index is 0.194. The van der Waals surface area contributed by atoms with E-state index in [1.165, 1.54) is 0 Å². The van der Waals surface area contributed by atoms with Gasteiger partial charge in [-0.25, -0.2) is 4.98 Å². The summed E-state index contributed by atoms with van der Waals surface area (Å²) >= 11 is 6.64. The molecule has 1 aromatic carbocycles. The summed E-state index contributed by atoms with van der Waals surface area (Å²) in [5.74, 6) is 0.194. The molecule has 1 heterocycles. The first-order valence-electron chi connectivity index (χ1n) is 3.62. The maximum absolute atomic E-state index is 9.52. The monoisotopic (exact) mass is 301 g/mol. The number of aromatic nitrogens is 1. The second-order valence-electron chi connectivity index (χ2n) is 2.60. The minimum atomic E-state index is 0.194. The predicted molar refractivity (Wildman–Crippen MR) is 58.8 cm³/mol. The molecule has 2 nitrogen and oxygen atoms in total. The van der Waals surface area contributed by atoms with Gasteiger partial charge in [0.2, 0.25) is 0 Å². The van der Waals surface area contributed by atoms with Gasteiger partial charge in [-0.15, -0.1) is 0 Å². The Morgan fingerprint density at radius 3 is 2.62 bits per heavy atom. The van der Waals surface area contributed by atoms with Crippen LogP contribution in [0, 0.1) is 0 Å². The molecule has 0 unspecified atom stereocenters. The third-order valence-electron chi connectivity index (χ3n) is 1.75. The molecule has 0 aliphatic carbocycles. The Bertz CT molecular complexity index is 470. The van der Waals surface area contributed by atoms with Crippen LogP contribution in [0.5, 0.6) is 5.75 Å². The van der Waals surface area contributed by atoms with E-state index in [2.05, 4.69) is 36.8 Å². The van der Waals surface area contributed by atoms with Crippen molar-refractivity contribution >= 4 is 42.8 Å². The third kappa shape index (κ3) is 1.56. The highest BCUT2D eigenvalue weighted by Gasteiger charge is 2.04. The zero-order valence-electron chi connectivity index (χ0n) is 6.46. The third-order valence-corrected chi connectivity index (χ3v) is 2.88. The molecule has 13 heavy (non-hydrogen) atoms. The number of hydrogen-bond acceptors (Lipinski definition) is 2. The molecule has 0 radical (unpaired) electrons. The van der Waals surface area contributed by atoms with Crippen molar-refractivity contribution in [1.82, 2.24) is 4.98 Å². The molecule has 0 aliphatic heterocycles. The number of phenols is 1. The van der Waals surface area contributed by atoms with Gasteiger partial charge in [-0.05, 0) is 40.2 Å². The molecule has 0 spiro atoms. The van der Waals surface area contributed by atoms with E-state index in [0.29, 0.717) is 10.1 Å². The summed E-state index contributed by atoms with van der Waals surface area (Å²) in [6.45, 7) is 0. The zero-order valence-corrected chi connectivity index (χ0v) is 9.63. The smallest absolute Gasteiger partial charge is 0.141 e. The number of hydrogen-bond donors (Lipinski definition) is 1. The second kappa shape index (κ2) is 3.27. The first-order valence-corrected chi connectivity index (χ1v) is 5.21. The SMILES string of the molecule is Oc1ccc(Br)c2ccc(Br)nc12. The predicted octanol–water partition coefficient (Wildman–Crippen LogP) is 3.47. The lowest BCUT2D eigenvalue weighted by atomic mass is 10.2. The minimum Gasteiger partial charge on any atom is -0.506 e. The number of fused-ring (bicyclic) bond motifs is 1. The van der Waals surface area contributed by atoms with E-state index in [1.54, 1.807) is 12.1 Å². The Morgan fingerprint density at radius 2 is 1.85 bits per heavy atom. The summed E-state index contributed by atoms with van der Waals surface area (Å²) in [4.78, 5) is 4.17. The first-order chi connectivity index (χ1) is 6.18. The van der Waals surface area contributed by atoms with Crippen LogP contribution in [0.4, 0.5) is 0 Å². The molecule has 0 aliphatic rings. The van der Waals surface area contributed by atoms with E-state index in [1.807, 2.05) is 12.1 Å². The topological polar surface area (TPSA) is 33.1 Å². The lowest BCUT2D eigenvalue weighted by molar-refractivity contribution is 0.480.